The topological polar surface area (TPSA) is 71.5 Å². The van der Waals surface area contributed by atoms with Crippen LogP contribution < -0.4 is 10.1 Å². The van der Waals surface area contributed by atoms with Crippen LogP contribution in [0.5, 0.6) is 11.5 Å². The second kappa shape index (κ2) is 10.6. The lowest BCUT2D eigenvalue weighted by Crippen LogP contribution is -2.41. The quantitative estimate of drug-likeness (QED) is 0.588. The molecule has 0 radical (unpaired) electrons. The standard InChI is InChI=1S/C22H25N3O3S.2ClH/c1-16-7-9-19(10-8-16)28-20-15-24-14-18-5-3-6-21(22(18)20)29(26,27)25-12-4-11-23-13-17(25)2;;/h3,5-10,14-15,17,23H,4,11-13H2,1-2H3;2*1H/t17-;;/m0../s1. The number of ether oxygens (including phenoxy) is 1. The van der Waals surface area contributed by atoms with Gasteiger partial charge in [0.05, 0.1) is 11.1 Å². The van der Waals surface area contributed by atoms with E-state index in [9.17, 15) is 8.42 Å². The minimum Gasteiger partial charge on any atom is -0.455 e. The molecule has 1 atom stereocenters. The predicted octanol–water partition coefficient (Wildman–Crippen LogP) is 4.55. The third kappa shape index (κ3) is 5.30. The van der Waals surface area contributed by atoms with Crippen molar-refractivity contribution in [3.63, 3.8) is 0 Å². The first-order valence-corrected chi connectivity index (χ1v) is 11.2. The summed E-state index contributed by atoms with van der Waals surface area (Å²) in [4.78, 5) is 4.51. The van der Waals surface area contributed by atoms with Crippen LogP contribution in [-0.4, -0.2) is 43.4 Å². The molecule has 1 N–H and O–H groups in total. The molecular weight excluding hydrogens is 457 g/mol. The normalized spacial score (nSPS) is 17.3. The fourth-order valence-corrected chi connectivity index (χ4v) is 5.57. The molecule has 0 amide bonds. The zero-order valence-corrected chi connectivity index (χ0v) is 19.9. The van der Waals surface area contributed by atoms with E-state index in [1.807, 2.05) is 44.2 Å². The zero-order valence-electron chi connectivity index (χ0n) is 17.4. The molecule has 1 aliphatic heterocycles. The van der Waals surface area contributed by atoms with E-state index in [-0.39, 0.29) is 35.8 Å². The van der Waals surface area contributed by atoms with E-state index in [1.54, 1.807) is 28.8 Å². The number of sulfonamides is 1. The van der Waals surface area contributed by atoms with Crippen molar-refractivity contribution in [1.82, 2.24) is 14.6 Å². The molecular formula is C22H27Cl2N3O3S. The maximum absolute atomic E-state index is 13.6. The van der Waals surface area contributed by atoms with Gasteiger partial charge >= 0.3 is 0 Å². The molecule has 1 fully saturated rings. The van der Waals surface area contributed by atoms with Crippen LogP contribution in [0, 0.1) is 6.92 Å². The van der Waals surface area contributed by atoms with Gasteiger partial charge in [0, 0.05) is 36.1 Å². The number of fused-ring (bicyclic) bond motifs is 1. The molecule has 2 heterocycles. The van der Waals surface area contributed by atoms with Crippen LogP contribution in [0.4, 0.5) is 0 Å². The second-order valence-electron chi connectivity index (χ2n) is 7.43. The Morgan fingerprint density at radius 1 is 1.10 bits per heavy atom. The van der Waals surface area contributed by atoms with Crippen molar-refractivity contribution < 1.29 is 13.2 Å². The van der Waals surface area contributed by atoms with Gasteiger partial charge in [-0.05, 0) is 45.0 Å². The van der Waals surface area contributed by atoms with Crippen molar-refractivity contribution in [2.75, 3.05) is 19.6 Å². The summed E-state index contributed by atoms with van der Waals surface area (Å²) in [6.07, 6.45) is 4.03. The van der Waals surface area contributed by atoms with Crippen LogP contribution in [0.1, 0.15) is 18.9 Å². The molecule has 2 aromatic carbocycles. The van der Waals surface area contributed by atoms with Gasteiger partial charge in [-0.2, -0.15) is 4.31 Å². The number of rotatable bonds is 4. The predicted molar refractivity (Wildman–Crippen MR) is 128 cm³/mol. The number of nitrogens with one attached hydrogen (secondary N) is 1. The lowest BCUT2D eigenvalue weighted by atomic mass is 10.1. The number of benzene rings is 2. The molecule has 1 saturated heterocycles. The van der Waals surface area contributed by atoms with Crippen molar-refractivity contribution in [3.8, 4) is 11.5 Å². The van der Waals surface area contributed by atoms with Gasteiger partial charge in [0.1, 0.15) is 5.75 Å². The Kier molecular flexibility index (Phi) is 8.68. The average Bonchev–Trinajstić information content (AvgIpc) is 2.94. The van der Waals surface area contributed by atoms with E-state index in [1.165, 1.54) is 0 Å². The van der Waals surface area contributed by atoms with Gasteiger partial charge < -0.3 is 10.1 Å². The minimum atomic E-state index is -3.70. The number of hydrogen-bond acceptors (Lipinski definition) is 5. The van der Waals surface area contributed by atoms with E-state index in [0.717, 1.165) is 23.9 Å². The molecule has 0 unspecified atom stereocenters. The SMILES string of the molecule is Cc1ccc(Oc2cncc3cccc(S(=O)(=O)N4CCCNC[C@@H]4C)c23)cc1.Cl.Cl. The van der Waals surface area contributed by atoms with E-state index in [0.29, 0.717) is 30.0 Å². The van der Waals surface area contributed by atoms with Crippen molar-refractivity contribution in [1.29, 1.82) is 0 Å². The van der Waals surface area contributed by atoms with Crippen molar-refractivity contribution in [2.24, 2.45) is 0 Å². The molecule has 4 rings (SSSR count). The molecule has 9 heteroatoms. The van der Waals surface area contributed by atoms with Gasteiger partial charge in [-0.15, -0.1) is 24.8 Å². The third-order valence-electron chi connectivity index (χ3n) is 5.21. The maximum atomic E-state index is 13.6. The lowest BCUT2D eigenvalue weighted by Gasteiger charge is -2.26. The van der Waals surface area contributed by atoms with Gasteiger partial charge in [-0.3, -0.25) is 4.98 Å². The minimum absolute atomic E-state index is 0. The molecule has 0 spiro atoms. The van der Waals surface area contributed by atoms with E-state index >= 15 is 0 Å². The highest BCUT2D eigenvalue weighted by atomic mass is 35.5. The Labute approximate surface area is 195 Å². The first-order valence-electron chi connectivity index (χ1n) is 9.80. The summed E-state index contributed by atoms with van der Waals surface area (Å²) >= 11 is 0. The van der Waals surface area contributed by atoms with Crippen molar-refractivity contribution in [2.45, 2.75) is 31.2 Å². The van der Waals surface area contributed by atoms with Crippen molar-refractivity contribution in [3.05, 3.63) is 60.4 Å². The van der Waals surface area contributed by atoms with Crippen LogP contribution >= 0.6 is 24.8 Å². The number of aryl methyl sites for hydroxylation is 1. The number of hydrogen-bond donors (Lipinski definition) is 1. The van der Waals surface area contributed by atoms with E-state index in [4.69, 9.17) is 4.74 Å². The summed E-state index contributed by atoms with van der Waals surface area (Å²) in [5, 5.41) is 4.59. The van der Waals surface area contributed by atoms with Gasteiger partial charge in [0.2, 0.25) is 10.0 Å². The molecule has 1 aliphatic rings. The summed E-state index contributed by atoms with van der Waals surface area (Å²) in [6.45, 7) is 5.89. The summed E-state index contributed by atoms with van der Waals surface area (Å²) in [5.41, 5.74) is 1.13. The molecule has 0 saturated carbocycles. The Morgan fingerprint density at radius 3 is 2.58 bits per heavy atom. The highest BCUT2D eigenvalue weighted by Gasteiger charge is 2.32. The van der Waals surface area contributed by atoms with Crippen LogP contribution in [-0.2, 0) is 10.0 Å². The summed E-state index contributed by atoms with van der Waals surface area (Å²) in [6, 6.07) is 12.8. The summed E-state index contributed by atoms with van der Waals surface area (Å²) < 4.78 is 34.9. The Bertz CT molecular complexity index is 1120. The van der Waals surface area contributed by atoms with Crippen LogP contribution in [0.15, 0.2) is 59.8 Å². The maximum Gasteiger partial charge on any atom is 0.244 e. The summed E-state index contributed by atoms with van der Waals surface area (Å²) in [7, 11) is -3.70. The molecule has 3 aromatic rings. The van der Waals surface area contributed by atoms with Crippen LogP contribution in [0.2, 0.25) is 0 Å². The van der Waals surface area contributed by atoms with Crippen LogP contribution in [0.25, 0.3) is 10.8 Å². The molecule has 1 aromatic heterocycles. The van der Waals surface area contributed by atoms with E-state index in [2.05, 4.69) is 10.3 Å². The molecule has 168 valence electrons. The Balaban J connectivity index is 0.00000171. The summed E-state index contributed by atoms with van der Waals surface area (Å²) in [5.74, 6) is 1.08. The third-order valence-corrected chi connectivity index (χ3v) is 7.27. The monoisotopic (exact) mass is 483 g/mol. The fourth-order valence-electron chi connectivity index (χ4n) is 3.67. The highest BCUT2D eigenvalue weighted by molar-refractivity contribution is 7.89. The van der Waals surface area contributed by atoms with Crippen LogP contribution in [0.3, 0.4) is 0 Å². The Hall–Kier alpha value is -1.90. The number of aromatic nitrogens is 1. The van der Waals surface area contributed by atoms with Gasteiger partial charge in [0.25, 0.3) is 0 Å². The Morgan fingerprint density at radius 2 is 1.84 bits per heavy atom. The van der Waals surface area contributed by atoms with Gasteiger partial charge in [0.15, 0.2) is 5.75 Å². The highest BCUT2D eigenvalue weighted by Crippen LogP contribution is 2.35. The second-order valence-corrected chi connectivity index (χ2v) is 9.29. The van der Waals surface area contributed by atoms with Gasteiger partial charge in [-0.25, -0.2) is 8.42 Å². The molecule has 0 bridgehead atoms. The van der Waals surface area contributed by atoms with E-state index < -0.39 is 10.0 Å². The van der Waals surface area contributed by atoms with Gasteiger partial charge in [-0.1, -0.05) is 29.8 Å². The average molecular weight is 484 g/mol. The number of pyridine rings is 1. The first-order chi connectivity index (χ1) is 14.0. The molecule has 31 heavy (non-hydrogen) atoms. The lowest BCUT2D eigenvalue weighted by molar-refractivity contribution is 0.353. The first kappa shape index (κ1) is 25.4. The molecule has 6 nitrogen and oxygen atoms in total. The largest absolute Gasteiger partial charge is 0.455 e. The number of halogens is 2. The smallest absolute Gasteiger partial charge is 0.244 e. The zero-order chi connectivity index (χ0) is 20.4. The number of nitrogens with zero attached hydrogens (tertiary/aromatic N) is 2. The van der Waals surface area contributed by atoms with Crippen molar-refractivity contribution >= 4 is 45.6 Å². The molecule has 0 aliphatic carbocycles. The fraction of sp³-hybridized carbons (Fsp3) is 0.318.